The van der Waals surface area contributed by atoms with Gasteiger partial charge in [-0.05, 0) is 56.4 Å². The third-order valence-electron chi connectivity index (χ3n) is 5.70. The molecule has 0 aliphatic heterocycles. The van der Waals surface area contributed by atoms with Crippen molar-refractivity contribution in [3.63, 3.8) is 0 Å². The van der Waals surface area contributed by atoms with E-state index in [9.17, 15) is 0 Å². The number of para-hydroxylation sites is 1. The summed E-state index contributed by atoms with van der Waals surface area (Å²) >= 11 is 0. The fraction of sp³-hybridized carbons (Fsp3) is 0.400. The Balaban J connectivity index is 0.00000324. The number of guanidine groups is 1. The van der Waals surface area contributed by atoms with Crippen molar-refractivity contribution in [2.45, 2.75) is 51.8 Å². The highest BCUT2D eigenvalue weighted by molar-refractivity contribution is 14.0. The molecule has 0 unspecified atom stereocenters. The molecule has 4 rings (SSSR count). The molecule has 9 heteroatoms. The number of nitrogens with one attached hydrogen (secondary N) is 2. The molecule has 1 aliphatic carbocycles. The molecule has 1 heterocycles. The van der Waals surface area contributed by atoms with E-state index in [4.69, 9.17) is 14.5 Å². The molecule has 34 heavy (non-hydrogen) atoms. The molecule has 0 amide bonds. The van der Waals surface area contributed by atoms with Crippen LogP contribution in [0.2, 0.25) is 0 Å². The first-order valence-electron chi connectivity index (χ1n) is 11.6. The molecule has 0 bridgehead atoms. The molecule has 0 saturated heterocycles. The topological polar surface area (TPSA) is 85.6 Å². The van der Waals surface area contributed by atoms with Crippen molar-refractivity contribution in [2.24, 2.45) is 4.99 Å². The Morgan fingerprint density at radius 2 is 1.91 bits per heavy atom. The second-order valence-corrected chi connectivity index (χ2v) is 8.03. The van der Waals surface area contributed by atoms with Crippen LogP contribution in [0.5, 0.6) is 11.5 Å². The first-order valence-corrected chi connectivity index (χ1v) is 11.6. The summed E-state index contributed by atoms with van der Waals surface area (Å²) in [6.45, 7) is 4.00. The van der Waals surface area contributed by atoms with Crippen molar-refractivity contribution in [3.05, 3.63) is 66.2 Å². The summed E-state index contributed by atoms with van der Waals surface area (Å²) in [4.78, 5) is 8.74. The van der Waals surface area contributed by atoms with Gasteiger partial charge >= 0.3 is 0 Å². The van der Waals surface area contributed by atoms with Crippen molar-refractivity contribution in [2.75, 3.05) is 13.7 Å². The SMILES string of the molecule is CCNC(=NCc1ccc(-n2cncn2)cc1)NCc1cccc(OC)c1OC1CCCC1.I. The van der Waals surface area contributed by atoms with Crippen LogP contribution in [0.3, 0.4) is 0 Å². The zero-order valence-corrected chi connectivity index (χ0v) is 22.1. The zero-order chi connectivity index (χ0) is 22.9. The number of aromatic nitrogens is 3. The average Bonchev–Trinajstić information content (AvgIpc) is 3.56. The molecule has 2 aromatic carbocycles. The molecule has 8 nitrogen and oxygen atoms in total. The third-order valence-corrected chi connectivity index (χ3v) is 5.70. The Morgan fingerprint density at radius 1 is 1.12 bits per heavy atom. The maximum Gasteiger partial charge on any atom is 0.191 e. The van der Waals surface area contributed by atoms with Gasteiger partial charge in [0, 0.05) is 18.7 Å². The van der Waals surface area contributed by atoms with Gasteiger partial charge in [0.15, 0.2) is 17.5 Å². The molecule has 0 radical (unpaired) electrons. The number of hydrogen-bond acceptors (Lipinski definition) is 5. The second-order valence-electron chi connectivity index (χ2n) is 8.03. The Kier molecular flexibility index (Phi) is 9.99. The highest BCUT2D eigenvalue weighted by Gasteiger charge is 2.20. The summed E-state index contributed by atoms with van der Waals surface area (Å²) < 4.78 is 13.7. The Bertz CT molecular complexity index is 1030. The van der Waals surface area contributed by atoms with E-state index in [1.807, 2.05) is 24.3 Å². The van der Waals surface area contributed by atoms with Crippen LogP contribution < -0.4 is 20.1 Å². The highest BCUT2D eigenvalue weighted by Crippen LogP contribution is 2.34. The van der Waals surface area contributed by atoms with Crippen LogP contribution in [-0.4, -0.2) is 40.5 Å². The van der Waals surface area contributed by atoms with Crippen LogP contribution in [0.1, 0.15) is 43.7 Å². The first-order chi connectivity index (χ1) is 16.3. The van der Waals surface area contributed by atoms with E-state index in [2.05, 4.69) is 45.8 Å². The fourth-order valence-electron chi connectivity index (χ4n) is 3.95. The van der Waals surface area contributed by atoms with Crippen molar-refractivity contribution in [1.29, 1.82) is 0 Å². The monoisotopic (exact) mass is 576 g/mol. The lowest BCUT2D eigenvalue weighted by atomic mass is 10.1. The fourth-order valence-corrected chi connectivity index (χ4v) is 3.95. The van der Waals surface area contributed by atoms with E-state index in [0.717, 1.165) is 53.7 Å². The lowest BCUT2D eigenvalue weighted by Gasteiger charge is -2.20. The molecule has 1 aromatic heterocycles. The smallest absolute Gasteiger partial charge is 0.191 e. The Hall–Kier alpha value is -2.82. The quantitative estimate of drug-likeness (QED) is 0.222. The molecule has 1 fully saturated rings. The lowest BCUT2D eigenvalue weighted by Crippen LogP contribution is -2.37. The van der Waals surface area contributed by atoms with Gasteiger partial charge in [0.1, 0.15) is 12.7 Å². The summed E-state index contributed by atoms with van der Waals surface area (Å²) in [6.07, 6.45) is 8.13. The van der Waals surface area contributed by atoms with Crippen LogP contribution in [-0.2, 0) is 13.1 Å². The maximum absolute atomic E-state index is 6.36. The van der Waals surface area contributed by atoms with Gasteiger partial charge in [-0.2, -0.15) is 5.10 Å². The Labute approximate surface area is 218 Å². The number of nitrogens with zero attached hydrogens (tertiary/aromatic N) is 4. The minimum Gasteiger partial charge on any atom is -0.493 e. The third kappa shape index (κ3) is 6.85. The summed E-state index contributed by atoms with van der Waals surface area (Å²) in [5.41, 5.74) is 3.14. The van der Waals surface area contributed by atoms with Gasteiger partial charge < -0.3 is 20.1 Å². The predicted octanol–water partition coefficient (Wildman–Crippen LogP) is 4.47. The van der Waals surface area contributed by atoms with Crippen LogP contribution in [0.15, 0.2) is 60.1 Å². The molecule has 182 valence electrons. The molecular weight excluding hydrogens is 543 g/mol. The minimum atomic E-state index is 0. The van der Waals surface area contributed by atoms with Crippen molar-refractivity contribution in [3.8, 4) is 17.2 Å². The van der Waals surface area contributed by atoms with Gasteiger partial charge in [0.25, 0.3) is 0 Å². The largest absolute Gasteiger partial charge is 0.493 e. The number of halogens is 1. The van der Waals surface area contributed by atoms with Crippen LogP contribution in [0.25, 0.3) is 5.69 Å². The molecule has 0 atom stereocenters. The maximum atomic E-state index is 6.36. The van der Waals surface area contributed by atoms with Gasteiger partial charge in [-0.1, -0.05) is 24.3 Å². The lowest BCUT2D eigenvalue weighted by molar-refractivity contribution is 0.198. The average molecular weight is 576 g/mol. The number of rotatable bonds is 9. The standard InChI is InChI=1S/C25H32N6O2.HI/c1-3-27-25(28-15-19-11-13-21(14-12-19)31-18-26-17-30-31)29-16-20-7-6-10-23(32-2)24(20)33-22-8-4-5-9-22;/h6-7,10-14,17-18,22H,3-5,8-9,15-16H2,1-2H3,(H2,27,28,29);1H. The van der Waals surface area contributed by atoms with E-state index in [-0.39, 0.29) is 30.1 Å². The molecule has 3 aromatic rings. The molecule has 2 N–H and O–H groups in total. The Morgan fingerprint density at radius 3 is 2.59 bits per heavy atom. The van der Waals surface area contributed by atoms with Gasteiger partial charge in [-0.25, -0.2) is 14.7 Å². The summed E-state index contributed by atoms with van der Waals surface area (Å²) in [5, 5.41) is 10.9. The normalized spacial score (nSPS) is 13.9. The number of methoxy groups -OCH3 is 1. The van der Waals surface area contributed by atoms with E-state index < -0.39 is 0 Å². The predicted molar refractivity (Wildman–Crippen MR) is 144 cm³/mol. The molecule has 0 spiro atoms. The van der Waals surface area contributed by atoms with Gasteiger partial charge in [-0.15, -0.1) is 24.0 Å². The second kappa shape index (κ2) is 13.2. The minimum absolute atomic E-state index is 0. The highest BCUT2D eigenvalue weighted by atomic mass is 127. The zero-order valence-electron chi connectivity index (χ0n) is 19.7. The number of benzene rings is 2. The van der Waals surface area contributed by atoms with E-state index >= 15 is 0 Å². The van der Waals surface area contributed by atoms with Crippen LogP contribution in [0, 0.1) is 0 Å². The van der Waals surface area contributed by atoms with E-state index in [0.29, 0.717) is 13.1 Å². The molecule has 1 aliphatic rings. The van der Waals surface area contributed by atoms with Gasteiger partial charge in [0.2, 0.25) is 0 Å². The number of ether oxygens (including phenoxy) is 2. The summed E-state index contributed by atoms with van der Waals surface area (Å²) in [5.74, 6) is 2.36. The van der Waals surface area contributed by atoms with Crippen LogP contribution >= 0.6 is 24.0 Å². The van der Waals surface area contributed by atoms with Gasteiger partial charge in [0.05, 0.1) is 25.4 Å². The summed E-state index contributed by atoms with van der Waals surface area (Å²) in [7, 11) is 1.69. The number of hydrogen-bond donors (Lipinski definition) is 2. The molecular formula is C25H33IN6O2. The van der Waals surface area contributed by atoms with Crippen LogP contribution in [0.4, 0.5) is 0 Å². The van der Waals surface area contributed by atoms with E-state index in [1.54, 1.807) is 18.1 Å². The molecule has 1 saturated carbocycles. The van der Waals surface area contributed by atoms with E-state index in [1.165, 1.54) is 19.2 Å². The van der Waals surface area contributed by atoms with Gasteiger partial charge in [-0.3, -0.25) is 0 Å². The van der Waals surface area contributed by atoms with Crippen molar-refractivity contribution >= 4 is 29.9 Å². The number of aliphatic imine (C=N–C) groups is 1. The summed E-state index contributed by atoms with van der Waals surface area (Å²) in [6, 6.07) is 14.2. The van der Waals surface area contributed by atoms with Crippen molar-refractivity contribution < 1.29 is 9.47 Å². The van der Waals surface area contributed by atoms with Crippen molar-refractivity contribution in [1.82, 2.24) is 25.4 Å². The first kappa shape index (κ1) is 25.8.